The van der Waals surface area contributed by atoms with E-state index in [1.807, 2.05) is 49.4 Å². The largest absolute Gasteiger partial charge is 0.497 e. The molecule has 9 heteroatoms. The van der Waals surface area contributed by atoms with E-state index in [-0.39, 0.29) is 17.6 Å². The molecule has 2 aromatic carbocycles. The number of carbonyl (C=O) groups is 2. The van der Waals surface area contributed by atoms with Gasteiger partial charge in [-0.05, 0) is 48.7 Å². The summed E-state index contributed by atoms with van der Waals surface area (Å²) in [4.78, 5) is 24.7. The summed E-state index contributed by atoms with van der Waals surface area (Å²) in [7, 11) is 3.18. The Morgan fingerprint density at radius 3 is 2.53 bits per heavy atom. The van der Waals surface area contributed by atoms with Gasteiger partial charge in [0.1, 0.15) is 23.0 Å². The smallest absolute Gasteiger partial charge is 0.240 e. The first-order chi connectivity index (χ1) is 14.5. The number of thioether (sulfide) groups is 1. The zero-order chi connectivity index (χ0) is 21.5. The molecule has 1 saturated heterocycles. The third-order valence-corrected chi connectivity index (χ3v) is 5.59. The van der Waals surface area contributed by atoms with Crippen molar-refractivity contribution in [3.63, 3.8) is 0 Å². The Morgan fingerprint density at radius 2 is 1.87 bits per heavy atom. The van der Waals surface area contributed by atoms with Gasteiger partial charge in [0, 0.05) is 0 Å². The summed E-state index contributed by atoms with van der Waals surface area (Å²) in [6.07, 6.45) is 0.536. The summed E-state index contributed by atoms with van der Waals surface area (Å²) < 4.78 is 10.4. The number of hydrazine groups is 1. The molecule has 0 radical (unpaired) electrons. The van der Waals surface area contributed by atoms with Crippen LogP contribution < -0.4 is 31.0 Å². The lowest BCUT2D eigenvalue weighted by atomic mass is 10.1. The summed E-state index contributed by atoms with van der Waals surface area (Å²) >= 11 is 1.28. The van der Waals surface area contributed by atoms with Crippen LogP contribution in [0.2, 0.25) is 0 Å². The standard InChI is InChI=1S/C21H26N4O4S/c1-13-4-9-18(29-3)16(10-13)22-19(26)12-30-21-23-20(27)17(24-25-21)11-14-5-7-15(28-2)8-6-14/h4-10,17,21,24-25H,11-12H2,1-3H3,(H,22,26)(H,23,27). The zero-order valence-corrected chi connectivity index (χ0v) is 18.0. The SMILES string of the molecule is COc1ccc(CC2NNC(SCC(=O)Nc3cc(C)ccc3OC)NC2=O)cc1. The van der Waals surface area contributed by atoms with Crippen molar-refractivity contribution in [3.8, 4) is 11.5 Å². The number of hydrogen-bond acceptors (Lipinski definition) is 7. The first-order valence-electron chi connectivity index (χ1n) is 9.49. The topological polar surface area (TPSA) is 101 Å². The molecule has 0 bridgehead atoms. The van der Waals surface area contributed by atoms with Crippen molar-refractivity contribution in [1.29, 1.82) is 0 Å². The summed E-state index contributed by atoms with van der Waals surface area (Å²) in [6.45, 7) is 1.94. The van der Waals surface area contributed by atoms with Crippen molar-refractivity contribution in [2.45, 2.75) is 24.9 Å². The molecule has 2 amide bonds. The molecule has 1 aliphatic heterocycles. The minimum Gasteiger partial charge on any atom is -0.497 e. The monoisotopic (exact) mass is 430 g/mol. The van der Waals surface area contributed by atoms with E-state index in [2.05, 4.69) is 21.5 Å². The molecule has 3 rings (SSSR count). The van der Waals surface area contributed by atoms with Crippen molar-refractivity contribution >= 4 is 29.3 Å². The van der Waals surface area contributed by atoms with Crippen LogP contribution in [0, 0.1) is 6.92 Å². The minimum atomic E-state index is -0.408. The van der Waals surface area contributed by atoms with Gasteiger partial charge >= 0.3 is 0 Å². The fourth-order valence-corrected chi connectivity index (χ4v) is 3.74. The Kier molecular flexibility index (Phi) is 7.56. The summed E-state index contributed by atoms with van der Waals surface area (Å²) in [5.74, 6) is 1.24. The van der Waals surface area contributed by atoms with Gasteiger partial charge in [-0.2, -0.15) is 0 Å². The van der Waals surface area contributed by atoms with Gasteiger partial charge < -0.3 is 20.1 Å². The molecule has 30 heavy (non-hydrogen) atoms. The number of aryl methyl sites for hydroxylation is 1. The van der Waals surface area contributed by atoms with Crippen LogP contribution in [0.4, 0.5) is 5.69 Å². The number of hydrogen-bond donors (Lipinski definition) is 4. The average molecular weight is 431 g/mol. The highest BCUT2D eigenvalue weighted by Crippen LogP contribution is 2.25. The molecule has 2 aromatic rings. The quantitative estimate of drug-likeness (QED) is 0.507. The third-order valence-electron chi connectivity index (χ3n) is 4.59. The van der Waals surface area contributed by atoms with E-state index >= 15 is 0 Å². The molecule has 160 valence electrons. The predicted octanol–water partition coefficient (Wildman–Crippen LogP) is 1.80. The Hall–Kier alpha value is -2.75. The number of ether oxygens (including phenoxy) is 2. The molecule has 8 nitrogen and oxygen atoms in total. The zero-order valence-electron chi connectivity index (χ0n) is 17.2. The Bertz CT molecular complexity index is 891. The van der Waals surface area contributed by atoms with E-state index in [1.165, 1.54) is 11.8 Å². The average Bonchev–Trinajstić information content (AvgIpc) is 2.75. The molecule has 4 N–H and O–H groups in total. The van der Waals surface area contributed by atoms with E-state index in [4.69, 9.17) is 9.47 Å². The van der Waals surface area contributed by atoms with Crippen LogP contribution >= 0.6 is 11.8 Å². The number of amides is 2. The van der Waals surface area contributed by atoms with Gasteiger partial charge in [-0.1, -0.05) is 18.2 Å². The highest BCUT2D eigenvalue weighted by atomic mass is 32.2. The molecule has 0 aromatic heterocycles. The lowest BCUT2D eigenvalue weighted by Gasteiger charge is -2.31. The highest BCUT2D eigenvalue weighted by molar-refractivity contribution is 8.00. The number of methoxy groups -OCH3 is 2. The fraction of sp³-hybridized carbons (Fsp3) is 0.333. The second-order valence-electron chi connectivity index (χ2n) is 6.85. The predicted molar refractivity (Wildman–Crippen MR) is 118 cm³/mol. The molecular formula is C21H26N4O4S. The van der Waals surface area contributed by atoms with E-state index in [1.54, 1.807) is 14.2 Å². The van der Waals surface area contributed by atoms with E-state index < -0.39 is 11.5 Å². The first-order valence-corrected chi connectivity index (χ1v) is 10.5. The molecule has 0 spiro atoms. The Morgan fingerprint density at radius 1 is 1.10 bits per heavy atom. The van der Waals surface area contributed by atoms with Gasteiger partial charge in [-0.25, -0.2) is 10.9 Å². The summed E-state index contributed by atoms with van der Waals surface area (Å²) in [5.41, 5.74) is 8.33. The number of anilines is 1. The van der Waals surface area contributed by atoms with Gasteiger partial charge in [0.25, 0.3) is 0 Å². The van der Waals surface area contributed by atoms with Crippen molar-refractivity contribution in [2.24, 2.45) is 0 Å². The maximum absolute atomic E-state index is 12.4. The van der Waals surface area contributed by atoms with Crippen LogP contribution in [0.1, 0.15) is 11.1 Å². The number of rotatable bonds is 8. The maximum atomic E-state index is 12.4. The third kappa shape index (κ3) is 5.88. The molecule has 2 atom stereocenters. The van der Waals surface area contributed by atoms with Crippen LogP contribution in [-0.2, 0) is 16.0 Å². The molecule has 1 fully saturated rings. The normalized spacial score (nSPS) is 18.4. The summed E-state index contributed by atoms with van der Waals surface area (Å²) in [6, 6.07) is 12.8. The van der Waals surface area contributed by atoms with Gasteiger partial charge in [0.15, 0.2) is 0 Å². The second-order valence-corrected chi connectivity index (χ2v) is 7.94. The van der Waals surface area contributed by atoms with Crippen LogP contribution in [0.3, 0.4) is 0 Å². The molecule has 0 aliphatic carbocycles. The second kappa shape index (κ2) is 10.3. The molecule has 2 unspecified atom stereocenters. The van der Waals surface area contributed by atoms with E-state index in [0.717, 1.165) is 16.9 Å². The van der Waals surface area contributed by atoms with Crippen molar-refractivity contribution in [3.05, 3.63) is 53.6 Å². The summed E-state index contributed by atoms with van der Waals surface area (Å²) in [5, 5.41) is 5.73. The molecule has 1 heterocycles. The van der Waals surface area contributed by atoms with E-state index in [9.17, 15) is 9.59 Å². The molecule has 0 saturated carbocycles. The molecule has 1 aliphatic rings. The van der Waals surface area contributed by atoms with Gasteiger partial charge in [0.05, 0.1) is 25.7 Å². The Balaban J connectivity index is 1.46. The highest BCUT2D eigenvalue weighted by Gasteiger charge is 2.27. The minimum absolute atomic E-state index is 0.122. The molecular weight excluding hydrogens is 404 g/mol. The lowest BCUT2D eigenvalue weighted by molar-refractivity contribution is -0.125. The van der Waals surface area contributed by atoms with Crippen LogP contribution in [0.25, 0.3) is 0 Å². The van der Waals surface area contributed by atoms with E-state index in [0.29, 0.717) is 17.9 Å². The van der Waals surface area contributed by atoms with Gasteiger partial charge in [-0.15, -0.1) is 11.8 Å². The Labute approximate surface area is 180 Å². The maximum Gasteiger partial charge on any atom is 0.240 e. The number of benzene rings is 2. The van der Waals surface area contributed by atoms with Crippen molar-refractivity contribution < 1.29 is 19.1 Å². The van der Waals surface area contributed by atoms with Gasteiger partial charge in [-0.3, -0.25) is 9.59 Å². The van der Waals surface area contributed by atoms with Crippen LogP contribution in [0.5, 0.6) is 11.5 Å². The van der Waals surface area contributed by atoms with Crippen molar-refractivity contribution in [2.75, 3.05) is 25.3 Å². The van der Waals surface area contributed by atoms with Gasteiger partial charge in [0.2, 0.25) is 11.8 Å². The lowest BCUT2D eigenvalue weighted by Crippen LogP contribution is -2.64. The number of nitrogens with one attached hydrogen (secondary N) is 4. The fourth-order valence-electron chi connectivity index (χ4n) is 3.00. The van der Waals surface area contributed by atoms with Crippen molar-refractivity contribution in [1.82, 2.24) is 16.2 Å². The van der Waals surface area contributed by atoms with Crippen LogP contribution in [-0.4, -0.2) is 43.3 Å². The number of carbonyl (C=O) groups excluding carboxylic acids is 2. The van der Waals surface area contributed by atoms with Crippen LogP contribution in [0.15, 0.2) is 42.5 Å². The first kappa shape index (κ1) is 21.9.